The first-order valence-corrected chi connectivity index (χ1v) is 9.89. The van der Waals surface area contributed by atoms with Gasteiger partial charge in [-0.25, -0.2) is 0 Å². The molecular formula is C19H38N4. The maximum absolute atomic E-state index is 5.00. The summed E-state index contributed by atoms with van der Waals surface area (Å²) in [6.07, 6.45) is 6.63. The molecule has 0 aromatic heterocycles. The zero-order chi connectivity index (χ0) is 16.7. The summed E-state index contributed by atoms with van der Waals surface area (Å²) >= 11 is 0. The second-order valence-corrected chi connectivity index (χ2v) is 7.54. The van der Waals surface area contributed by atoms with Crippen molar-refractivity contribution in [2.45, 2.75) is 52.9 Å². The van der Waals surface area contributed by atoms with Crippen molar-refractivity contribution in [3.8, 4) is 0 Å². The van der Waals surface area contributed by atoms with Crippen LogP contribution in [0.15, 0.2) is 4.99 Å². The molecule has 2 saturated heterocycles. The number of piperidine rings is 1. The monoisotopic (exact) mass is 322 g/mol. The summed E-state index contributed by atoms with van der Waals surface area (Å²) in [6.45, 7) is 13.7. The zero-order valence-corrected chi connectivity index (χ0v) is 15.9. The summed E-state index contributed by atoms with van der Waals surface area (Å²) in [5, 5.41) is 3.53. The van der Waals surface area contributed by atoms with Gasteiger partial charge in [-0.1, -0.05) is 26.7 Å². The standard InChI is InChI=1S/C19H38N4/c1-5-17(6-2)18-10-12-23(15-18)19(20-7-3)21-13-16-9-8-11-22(4)14-16/h16-18H,5-15H2,1-4H3,(H,20,21). The molecule has 2 aliphatic heterocycles. The van der Waals surface area contributed by atoms with Gasteiger partial charge in [0.25, 0.3) is 0 Å². The Morgan fingerprint density at radius 1 is 1.13 bits per heavy atom. The average Bonchev–Trinajstić information content (AvgIpc) is 3.02. The van der Waals surface area contributed by atoms with E-state index < -0.39 is 0 Å². The van der Waals surface area contributed by atoms with Crippen molar-refractivity contribution >= 4 is 5.96 Å². The Balaban J connectivity index is 1.91. The molecule has 1 N–H and O–H groups in total. The molecule has 2 fully saturated rings. The van der Waals surface area contributed by atoms with Crippen LogP contribution < -0.4 is 5.32 Å². The fraction of sp³-hybridized carbons (Fsp3) is 0.947. The smallest absolute Gasteiger partial charge is 0.193 e. The Morgan fingerprint density at radius 2 is 1.91 bits per heavy atom. The highest BCUT2D eigenvalue weighted by Crippen LogP contribution is 2.28. The molecule has 2 heterocycles. The van der Waals surface area contributed by atoms with Crippen LogP contribution in [-0.2, 0) is 0 Å². The zero-order valence-electron chi connectivity index (χ0n) is 15.9. The number of rotatable bonds is 6. The summed E-state index contributed by atoms with van der Waals surface area (Å²) in [7, 11) is 2.24. The van der Waals surface area contributed by atoms with Crippen LogP contribution in [-0.4, -0.2) is 62.1 Å². The third kappa shape index (κ3) is 5.37. The highest BCUT2D eigenvalue weighted by molar-refractivity contribution is 5.80. The minimum atomic E-state index is 0.736. The first-order valence-electron chi connectivity index (χ1n) is 9.89. The quantitative estimate of drug-likeness (QED) is 0.602. The third-order valence-corrected chi connectivity index (χ3v) is 5.80. The molecule has 0 aromatic rings. The van der Waals surface area contributed by atoms with Crippen molar-refractivity contribution < 1.29 is 0 Å². The van der Waals surface area contributed by atoms with Gasteiger partial charge in [0.05, 0.1) is 0 Å². The van der Waals surface area contributed by atoms with Gasteiger partial charge in [0.15, 0.2) is 5.96 Å². The normalized spacial score (nSPS) is 27.0. The van der Waals surface area contributed by atoms with E-state index in [2.05, 4.69) is 42.9 Å². The minimum Gasteiger partial charge on any atom is -0.357 e. The summed E-state index contributed by atoms with van der Waals surface area (Å²) in [6, 6.07) is 0. The van der Waals surface area contributed by atoms with E-state index in [-0.39, 0.29) is 0 Å². The van der Waals surface area contributed by atoms with Crippen LogP contribution in [0.1, 0.15) is 52.9 Å². The van der Waals surface area contributed by atoms with Crippen molar-refractivity contribution in [1.82, 2.24) is 15.1 Å². The highest BCUT2D eigenvalue weighted by Gasteiger charge is 2.29. The molecular weight excluding hydrogens is 284 g/mol. The Bertz CT molecular complexity index is 364. The summed E-state index contributed by atoms with van der Waals surface area (Å²) in [5.41, 5.74) is 0. The van der Waals surface area contributed by atoms with Crippen molar-refractivity contribution in [3.63, 3.8) is 0 Å². The first-order chi connectivity index (χ1) is 11.2. The number of guanidine groups is 1. The van der Waals surface area contributed by atoms with Crippen LogP contribution in [0.25, 0.3) is 0 Å². The molecule has 0 spiro atoms. The van der Waals surface area contributed by atoms with Crippen LogP contribution in [0.4, 0.5) is 0 Å². The van der Waals surface area contributed by atoms with E-state index in [4.69, 9.17) is 4.99 Å². The molecule has 0 amide bonds. The minimum absolute atomic E-state index is 0.736. The number of hydrogen-bond acceptors (Lipinski definition) is 2. The second kappa shape index (κ2) is 9.51. The molecule has 134 valence electrons. The maximum atomic E-state index is 5.00. The van der Waals surface area contributed by atoms with E-state index in [0.29, 0.717) is 0 Å². The van der Waals surface area contributed by atoms with Gasteiger partial charge >= 0.3 is 0 Å². The Kier molecular flexibility index (Phi) is 7.68. The summed E-state index contributed by atoms with van der Waals surface area (Å²) in [4.78, 5) is 9.97. The average molecular weight is 323 g/mol. The van der Waals surface area contributed by atoms with Gasteiger partial charge in [-0.2, -0.15) is 0 Å². The number of hydrogen-bond donors (Lipinski definition) is 1. The molecule has 4 nitrogen and oxygen atoms in total. The largest absolute Gasteiger partial charge is 0.357 e. The van der Waals surface area contributed by atoms with E-state index in [1.54, 1.807) is 0 Å². The van der Waals surface area contributed by atoms with Gasteiger partial charge < -0.3 is 15.1 Å². The molecule has 0 saturated carbocycles. The Morgan fingerprint density at radius 3 is 2.57 bits per heavy atom. The number of nitrogens with one attached hydrogen (secondary N) is 1. The molecule has 0 aliphatic carbocycles. The Hall–Kier alpha value is -0.770. The van der Waals surface area contributed by atoms with Gasteiger partial charge in [0.2, 0.25) is 0 Å². The first kappa shape index (κ1) is 18.6. The van der Waals surface area contributed by atoms with Gasteiger partial charge in [-0.3, -0.25) is 4.99 Å². The fourth-order valence-corrected chi connectivity index (χ4v) is 4.38. The van der Waals surface area contributed by atoms with E-state index in [1.165, 1.54) is 58.3 Å². The van der Waals surface area contributed by atoms with Crippen LogP contribution in [0.5, 0.6) is 0 Å². The molecule has 2 rings (SSSR count). The lowest BCUT2D eigenvalue weighted by Crippen LogP contribution is -2.41. The van der Waals surface area contributed by atoms with Gasteiger partial charge in [0.1, 0.15) is 0 Å². The lowest BCUT2D eigenvalue weighted by atomic mass is 9.87. The number of likely N-dealkylation sites (tertiary alicyclic amines) is 2. The van der Waals surface area contributed by atoms with Crippen molar-refractivity contribution in [2.24, 2.45) is 22.7 Å². The third-order valence-electron chi connectivity index (χ3n) is 5.80. The Labute approximate surface area is 143 Å². The predicted molar refractivity (Wildman–Crippen MR) is 100.0 cm³/mol. The van der Waals surface area contributed by atoms with E-state index in [0.717, 1.165) is 36.8 Å². The molecule has 0 radical (unpaired) electrons. The summed E-state index contributed by atoms with van der Waals surface area (Å²) < 4.78 is 0. The van der Waals surface area contributed by atoms with Crippen LogP contribution in [0.2, 0.25) is 0 Å². The molecule has 23 heavy (non-hydrogen) atoms. The lowest BCUT2D eigenvalue weighted by molar-refractivity contribution is 0.214. The van der Waals surface area contributed by atoms with Crippen molar-refractivity contribution in [2.75, 3.05) is 46.3 Å². The molecule has 0 aromatic carbocycles. The molecule has 2 atom stereocenters. The SMILES string of the molecule is CCNC(=NCC1CCCN(C)C1)N1CCC(C(CC)CC)C1. The number of nitrogens with zero attached hydrogens (tertiary/aromatic N) is 3. The van der Waals surface area contributed by atoms with Crippen molar-refractivity contribution in [3.05, 3.63) is 0 Å². The van der Waals surface area contributed by atoms with Gasteiger partial charge in [-0.15, -0.1) is 0 Å². The topological polar surface area (TPSA) is 30.9 Å². The molecule has 4 heteroatoms. The van der Waals surface area contributed by atoms with Gasteiger partial charge in [0, 0.05) is 32.7 Å². The second-order valence-electron chi connectivity index (χ2n) is 7.54. The maximum Gasteiger partial charge on any atom is 0.193 e. The molecule has 0 bridgehead atoms. The van der Waals surface area contributed by atoms with Gasteiger partial charge in [-0.05, 0) is 57.5 Å². The molecule has 2 unspecified atom stereocenters. The van der Waals surface area contributed by atoms with E-state index >= 15 is 0 Å². The van der Waals surface area contributed by atoms with E-state index in [9.17, 15) is 0 Å². The fourth-order valence-electron chi connectivity index (χ4n) is 4.38. The van der Waals surface area contributed by atoms with Crippen LogP contribution >= 0.6 is 0 Å². The molecule has 2 aliphatic rings. The predicted octanol–water partition coefficient (Wildman–Crippen LogP) is 3.05. The highest BCUT2D eigenvalue weighted by atomic mass is 15.3. The van der Waals surface area contributed by atoms with Crippen LogP contribution in [0.3, 0.4) is 0 Å². The van der Waals surface area contributed by atoms with Crippen molar-refractivity contribution in [1.29, 1.82) is 0 Å². The number of aliphatic imine (C=N–C) groups is 1. The van der Waals surface area contributed by atoms with E-state index in [1.807, 2.05) is 0 Å². The van der Waals surface area contributed by atoms with Crippen LogP contribution in [0, 0.1) is 17.8 Å². The summed E-state index contributed by atoms with van der Waals surface area (Å²) in [5.74, 6) is 3.64. The lowest BCUT2D eigenvalue weighted by Gasteiger charge is -2.29.